The second kappa shape index (κ2) is 7.72. The summed E-state index contributed by atoms with van der Waals surface area (Å²) >= 11 is 0. The smallest absolute Gasteiger partial charge is 0.255 e. The lowest BCUT2D eigenvalue weighted by Gasteiger charge is -2.28. The second-order valence-corrected chi connectivity index (χ2v) is 8.92. The molecule has 0 saturated carbocycles. The molecule has 3 heterocycles. The van der Waals surface area contributed by atoms with Gasteiger partial charge in [-0.05, 0) is 31.2 Å². The lowest BCUT2D eigenvalue weighted by molar-refractivity contribution is 0.240. The molecule has 0 unspecified atom stereocenters. The van der Waals surface area contributed by atoms with Crippen LogP contribution < -0.4 is 10.3 Å². The molecule has 4 rings (SSSR count). The van der Waals surface area contributed by atoms with E-state index in [1.165, 1.54) is 0 Å². The van der Waals surface area contributed by atoms with Gasteiger partial charge >= 0.3 is 0 Å². The number of aromatic nitrogens is 4. The highest BCUT2D eigenvalue weighted by atomic mass is 16.5. The fourth-order valence-corrected chi connectivity index (χ4v) is 3.79. The normalized spacial score (nSPS) is 14.6. The van der Waals surface area contributed by atoms with Crippen LogP contribution in [0.5, 0.6) is 5.75 Å². The van der Waals surface area contributed by atoms with Crippen LogP contribution in [0.15, 0.2) is 35.3 Å². The summed E-state index contributed by atoms with van der Waals surface area (Å²) in [5.74, 6) is 1.58. The lowest BCUT2D eigenvalue weighted by Crippen LogP contribution is -2.37. The maximum Gasteiger partial charge on any atom is 0.255 e. The van der Waals surface area contributed by atoms with Crippen molar-refractivity contribution in [1.29, 1.82) is 0 Å². The summed E-state index contributed by atoms with van der Waals surface area (Å²) in [7, 11) is 1.66. The van der Waals surface area contributed by atoms with Crippen LogP contribution in [0.4, 0.5) is 0 Å². The van der Waals surface area contributed by atoms with Gasteiger partial charge in [0.05, 0.1) is 30.3 Å². The maximum atomic E-state index is 12.7. The molecule has 0 spiro atoms. The molecule has 0 bridgehead atoms. The van der Waals surface area contributed by atoms with Crippen LogP contribution in [0.3, 0.4) is 0 Å². The molecule has 0 aliphatic carbocycles. The average molecular weight is 408 g/mol. The summed E-state index contributed by atoms with van der Waals surface area (Å²) in [5.41, 5.74) is 4.80. The van der Waals surface area contributed by atoms with Crippen molar-refractivity contribution in [2.75, 3.05) is 13.7 Å². The molecular formula is C23H29N5O2. The molecule has 1 aliphatic rings. The van der Waals surface area contributed by atoms with Gasteiger partial charge in [0.25, 0.3) is 5.56 Å². The van der Waals surface area contributed by atoms with Crippen molar-refractivity contribution in [3.63, 3.8) is 0 Å². The maximum absolute atomic E-state index is 12.7. The van der Waals surface area contributed by atoms with Gasteiger partial charge in [0.15, 0.2) is 0 Å². The molecule has 0 radical (unpaired) electrons. The number of H-pyrrole nitrogens is 1. The molecule has 0 atom stereocenters. The van der Waals surface area contributed by atoms with Crippen LogP contribution in [0, 0.1) is 6.92 Å². The largest absolute Gasteiger partial charge is 0.497 e. The van der Waals surface area contributed by atoms with Gasteiger partial charge in [-0.3, -0.25) is 9.69 Å². The Morgan fingerprint density at radius 1 is 1.20 bits per heavy atom. The second-order valence-electron chi connectivity index (χ2n) is 8.92. The fraction of sp³-hybridized carbons (Fsp3) is 0.435. The summed E-state index contributed by atoms with van der Waals surface area (Å²) < 4.78 is 7.18. The molecule has 0 fully saturated rings. The Morgan fingerprint density at radius 2 is 1.93 bits per heavy atom. The van der Waals surface area contributed by atoms with Crippen molar-refractivity contribution in [3.8, 4) is 11.4 Å². The molecule has 1 aromatic carbocycles. The SMILES string of the molecule is COc1ccc(-n2ncc(CN3CCc4nc(C(C)(C)C)[nH]c(=O)c4C3)c2C)cc1. The first kappa shape index (κ1) is 20.3. The Bertz CT molecular complexity index is 1110. The van der Waals surface area contributed by atoms with E-state index in [2.05, 4.69) is 42.7 Å². The predicted molar refractivity (Wildman–Crippen MR) is 116 cm³/mol. The van der Waals surface area contributed by atoms with Crippen molar-refractivity contribution in [3.05, 3.63) is 69.2 Å². The molecule has 2 aromatic heterocycles. The third kappa shape index (κ3) is 3.89. The number of hydrogen-bond donors (Lipinski definition) is 1. The highest BCUT2D eigenvalue weighted by Gasteiger charge is 2.25. The van der Waals surface area contributed by atoms with Gasteiger partial charge in [-0.2, -0.15) is 5.10 Å². The van der Waals surface area contributed by atoms with E-state index >= 15 is 0 Å². The molecule has 1 aliphatic heterocycles. The molecule has 7 nitrogen and oxygen atoms in total. The van der Waals surface area contributed by atoms with E-state index in [0.29, 0.717) is 6.54 Å². The summed E-state index contributed by atoms with van der Waals surface area (Å²) in [6, 6.07) is 7.86. The third-order valence-electron chi connectivity index (χ3n) is 5.68. The average Bonchev–Trinajstić information content (AvgIpc) is 3.08. The van der Waals surface area contributed by atoms with Gasteiger partial charge < -0.3 is 9.72 Å². The molecule has 158 valence electrons. The standard InChI is InChI=1S/C23H29N5O2/c1-15-16(12-24-28(15)17-6-8-18(30-5)9-7-17)13-27-11-10-20-19(14-27)21(29)26-22(25-20)23(2,3)4/h6-9,12H,10-11,13-14H2,1-5H3,(H,25,26,29). The summed E-state index contributed by atoms with van der Waals surface area (Å²) in [4.78, 5) is 22.7. The number of rotatable bonds is 4. The number of methoxy groups -OCH3 is 1. The van der Waals surface area contributed by atoms with E-state index in [-0.39, 0.29) is 11.0 Å². The summed E-state index contributed by atoms with van der Waals surface area (Å²) in [5, 5.41) is 4.58. The van der Waals surface area contributed by atoms with Gasteiger partial charge in [-0.15, -0.1) is 0 Å². The van der Waals surface area contributed by atoms with Crippen LogP contribution in [-0.4, -0.2) is 38.3 Å². The van der Waals surface area contributed by atoms with Gasteiger partial charge in [0, 0.05) is 42.7 Å². The summed E-state index contributed by atoms with van der Waals surface area (Å²) in [6.45, 7) is 10.5. The minimum atomic E-state index is -0.168. The first-order valence-corrected chi connectivity index (χ1v) is 10.3. The molecule has 3 aromatic rings. The zero-order valence-corrected chi connectivity index (χ0v) is 18.3. The zero-order valence-electron chi connectivity index (χ0n) is 18.3. The van der Waals surface area contributed by atoms with E-state index in [0.717, 1.165) is 59.3 Å². The molecular weight excluding hydrogens is 378 g/mol. The minimum absolute atomic E-state index is 0.0136. The van der Waals surface area contributed by atoms with Gasteiger partial charge in [-0.25, -0.2) is 9.67 Å². The predicted octanol–water partition coefficient (Wildman–Crippen LogP) is 3.13. The van der Waals surface area contributed by atoms with Crippen molar-refractivity contribution in [1.82, 2.24) is 24.6 Å². The lowest BCUT2D eigenvalue weighted by atomic mass is 9.95. The fourth-order valence-electron chi connectivity index (χ4n) is 3.79. The van der Waals surface area contributed by atoms with Crippen LogP contribution in [0.25, 0.3) is 5.69 Å². The van der Waals surface area contributed by atoms with E-state index in [1.54, 1.807) is 7.11 Å². The van der Waals surface area contributed by atoms with Crippen molar-refractivity contribution in [2.45, 2.75) is 52.6 Å². The van der Waals surface area contributed by atoms with Crippen molar-refractivity contribution >= 4 is 0 Å². The third-order valence-corrected chi connectivity index (χ3v) is 5.68. The topological polar surface area (TPSA) is 76.0 Å². The zero-order chi connectivity index (χ0) is 21.5. The summed E-state index contributed by atoms with van der Waals surface area (Å²) in [6.07, 6.45) is 2.70. The molecule has 0 amide bonds. The number of hydrogen-bond acceptors (Lipinski definition) is 5. The van der Waals surface area contributed by atoms with E-state index < -0.39 is 0 Å². The van der Waals surface area contributed by atoms with Crippen LogP contribution in [-0.2, 0) is 24.9 Å². The highest BCUT2D eigenvalue weighted by molar-refractivity contribution is 5.39. The Morgan fingerprint density at radius 3 is 2.60 bits per heavy atom. The van der Waals surface area contributed by atoms with Gasteiger partial charge in [0.1, 0.15) is 11.6 Å². The Balaban J connectivity index is 1.53. The Kier molecular flexibility index (Phi) is 5.24. The van der Waals surface area contributed by atoms with Crippen LogP contribution in [0.2, 0.25) is 0 Å². The van der Waals surface area contributed by atoms with Crippen LogP contribution in [0.1, 0.15) is 49.1 Å². The molecule has 1 N–H and O–H groups in total. The van der Waals surface area contributed by atoms with Crippen molar-refractivity contribution in [2.24, 2.45) is 0 Å². The quantitative estimate of drug-likeness (QED) is 0.719. The molecule has 0 saturated heterocycles. The van der Waals surface area contributed by atoms with Gasteiger partial charge in [-0.1, -0.05) is 20.8 Å². The van der Waals surface area contributed by atoms with E-state index in [4.69, 9.17) is 9.72 Å². The first-order chi connectivity index (χ1) is 14.3. The number of nitrogens with zero attached hydrogens (tertiary/aromatic N) is 4. The Hall–Kier alpha value is -2.93. The number of benzene rings is 1. The van der Waals surface area contributed by atoms with Gasteiger partial charge in [0.2, 0.25) is 0 Å². The molecule has 30 heavy (non-hydrogen) atoms. The monoisotopic (exact) mass is 407 g/mol. The van der Waals surface area contributed by atoms with Crippen LogP contribution >= 0.6 is 0 Å². The van der Waals surface area contributed by atoms with E-state index in [1.807, 2.05) is 35.1 Å². The Labute approximate surface area is 176 Å². The number of fused-ring (bicyclic) bond motifs is 1. The number of nitrogens with one attached hydrogen (secondary N) is 1. The molecule has 7 heteroatoms. The first-order valence-electron chi connectivity index (χ1n) is 10.3. The number of aromatic amines is 1. The van der Waals surface area contributed by atoms with Crippen molar-refractivity contribution < 1.29 is 4.74 Å². The number of ether oxygens (including phenoxy) is 1. The highest BCUT2D eigenvalue weighted by Crippen LogP contribution is 2.23. The minimum Gasteiger partial charge on any atom is -0.497 e. The van der Waals surface area contributed by atoms with E-state index in [9.17, 15) is 4.79 Å².